The smallest absolute Gasteiger partial charge is 0.408 e. The molecule has 1 amide bonds. The average molecular weight is 273 g/mol. The van der Waals surface area contributed by atoms with Crippen molar-refractivity contribution in [1.29, 1.82) is 0 Å². The molecule has 0 aromatic carbocycles. The van der Waals surface area contributed by atoms with E-state index in [-0.39, 0.29) is 5.41 Å². The third kappa shape index (κ3) is 8.46. The van der Waals surface area contributed by atoms with E-state index in [1.54, 1.807) is 20.8 Å². The molecule has 19 heavy (non-hydrogen) atoms. The number of rotatable bonds is 6. The fourth-order valence-electron chi connectivity index (χ4n) is 1.42. The van der Waals surface area contributed by atoms with Crippen LogP contribution in [0, 0.1) is 5.41 Å². The molecule has 0 saturated carbocycles. The van der Waals surface area contributed by atoms with Crippen LogP contribution in [0.4, 0.5) is 4.79 Å². The lowest BCUT2D eigenvalue weighted by Crippen LogP contribution is -2.43. The van der Waals surface area contributed by atoms with Crippen LogP contribution in [-0.2, 0) is 9.53 Å². The van der Waals surface area contributed by atoms with Crippen LogP contribution in [0.3, 0.4) is 0 Å². The van der Waals surface area contributed by atoms with Crippen molar-refractivity contribution >= 4 is 12.1 Å². The van der Waals surface area contributed by atoms with Gasteiger partial charge in [0.1, 0.15) is 11.6 Å². The Morgan fingerprint density at radius 1 is 1.21 bits per heavy atom. The molecule has 0 aromatic heterocycles. The second-order valence-electron chi connectivity index (χ2n) is 6.59. The first-order valence-electron chi connectivity index (χ1n) is 6.69. The maximum Gasteiger partial charge on any atom is 0.408 e. The molecule has 2 N–H and O–H groups in total. The number of aliphatic carboxylic acids is 1. The summed E-state index contributed by atoms with van der Waals surface area (Å²) in [6, 6.07) is -0.902. The van der Waals surface area contributed by atoms with Crippen molar-refractivity contribution in [3.8, 4) is 0 Å². The Hall–Kier alpha value is -1.26. The van der Waals surface area contributed by atoms with E-state index in [4.69, 9.17) is 9.84 Å². The summed E-state index contributed by atoms with van der Waals surface area (Å²) in [4.78, 5) is 22.7. The van der Waals surface area contributed by atoms with Crippen molar-refractivity contribution in [2.75, 3.05) is 0 Å². The van der Waals surface area contributed by atoms with Crippen LogP contribution in [-0.4, -0.2) is 28.8 Å². The Morgan fingerprint density at radius 2 is 1.74 bits per heavy atom. The zero-order valence-electron chi connectivity index (χ0n) is 12.9. The average Bonchev–Trinajstić information content (AvgIpc) is 2.21. The number of nitrogens with one attached hydrogen (secondary N) is 1. The molecule has 0 unspecified atom stereocenters. The van der Waals surface area contributed by atoms with E-state index >= 15 is 0 Å². The quantitative estimate of drug-likeness (QED) is 0.779. The third-order valence-corrected chi connectivity index (χ3v) is 3.06. The second-order valence-corrected chi connectivity index (χ2v) is 6.59. The molecule has 0 rings (SSSR count). The lowest BCUT2D eigenvalue weighted by atomic mass is 9.84. The van der Waals surface area contributed by atoms with Gasteiger partial charge in [0, 0.05) is 0 Å². The lowest BCUT2D eigenvalue weighted by Gasteiger charge is -2.26. The van der Waals surface area contributed by atoms with Crippen molar-refractivity contribution < 1.29 is 19.4 Å². The molecule has 0 aliphatic heterocycles. The number of carboxylic acid groups (broad SMARTS) is 1. The van der Waals surface area contributed by atoms with Crippen LogP contribution in [0.2, 0.25) is 0 Å². The molecule has 0 radical (unpaired) electrons. The van der Waals surface area contributed by atoms with Gasteiger partial charge in [-0.3, -0.25) is 0 Å². The Balaban J connectivity index is 4.43. The summed E-state index contributed by atoms with van der Waals surface area (Å²) in [6.07, 6.45) is 1.41. The van der Waals surface area contributed by atoms with Gasteiger partial charge in [0.15, 0.2) is 0 Å². The Bertz CT molecular complexity index is 318. The maximum absolute atomic E-state index is 11.6. The fourth-order valence-corrected chi connectivity index (χ4v) is 1.42. The summed E-state index contributed by atoms with van der Waals surface area (Å²) in [5, 5.41) is 11.5. The van der Waals surface area contributed by atoms with Crippen molar-refractivity contribution in [3.05, 3.63) is 0 Å². The summed E-state index contributed by atoms with van der Waals surface area (Å²) in [5.41, 5.74) is -0.556. The van der Waals surface area contributed by atoms with Gasteiger partial charge in [-0.25, -0.2) is 9.59 Å². The molecule has 1 atom stereocenters. The summed E-state index contributed by atoms with van der Waals surface area (Å²) in [7, 11) is 0. The van der Waals surface area contributed by atoms with Gasteiger partial charge in [0.05, 0.1) is 0 Å². The zero-order chi connectivity index (χ0) is 15.3. The second kappa shape index (κ2) is 6.78. The Kier molecular flexibility index (Phi) is 6.33. The summed E-state index contributed by atoms with van der Waals surface area (Å²) in [5.74, 6) is -1.03. The van der Waals surface area contributed by atoms with Gasteiger partial charge < -0.3 is 15.2 Å². The number of hydrogen-bond acceptors (Lipinski definition) is 3. The molecule has 112 valence electrons. The first kappa shape index (κ1) is 17.7. The molecule has 0 saturated heterocycles. The summed E-state index contributed by atoms with van der Waals surface area (Å²) >= 11 is 0. The van der Waals surface area contributed by atoms with Gasteiger partial charge >= 0.3 is 12.1 Å². The van der Waals surface area contributed by atoms with Crippen molar-refractivity contribution in [2.45, 2.75) is 72.4 Å². The van der Waals surface area contributed by atoms with E-state index < -0.39 is 23.7 Å². The molecule has 0 aliphatic rings. The van der Waals surface area contributed by atoms with Crippen molar-refractivity contribution in [3.63, 3.8) is 0 Å². The number of carbonyl (C=O) groups excluding carboxylic acids is 1. The topological polar surface area (TPSA) is 75.6 Å². The van der Waals surface area contributed by atoms with Crippen LogP contribution in [0.1, 0.15) is 60.8 Å². The zero-order valence-corrected chi connectivity index (χ0v) is 12.9. The first-order valence-corrected chi connectivity index (χ1v) is 6.69. The predicted molar refractivity (Wildman–Crippen MR) is 74.1 cm³/mol. The fraction of sp³-hybridized carbons (Fsp3) is 0.857. The maximum atomic E-state index is 11.6. The number of hydrogen-bond donors (Lipinski definition) is 2. The van der Waals surface area contributed by atoms with E-state index in [1.807, 2.05) is 0 Å². The predicted octanol–water partition coefficient (Wildman–Crippen LogP) is 3.18. The van der Waals surface area contributed by atoms with Gasteiger partial charge in [0.25, 0.3) is 0 Å². The largest absolute Gasteiger partial charge is 0.480 e. The minimum Gasteiger partial charge on any atom is -0.480 e. The van der Waals surface area contributed by atoms with Gasteiger partial charge in [-0.2, -0.15) is 0 Å². The molecule has 0 bridgehead atoms. The number of carboxylic acids is 1. The Morgan fingerprint density at radius 3 is 2.11 bits per heavy atom. The standard InChI is InChI=1S/C14H27NO4/c1-7-14(5,6)9-8-10(11(16)17)15-12(18)19-13(2,3)4/h10H,7-9H2,1-6H3,(H,15,18)(H,16,17)/t10-/m1/s1. The van der Waals surface area contributed by atoms with E-state index in [0.29, 0.717) is 6.42 Å². The van der Waals surface area contributed by atoms with Gasteiger partial charge in [-0.15, -0.1) is 0 Å². The highest BCUT2D eigenvalue weighted by Gasteiger charge is 2.26. The van der Waals surface area contributed by atoms with Crippen LogP contribution in [0.15, 0.2) is 0 Å². The Labute approximate surface area is 115 Å². The van der Waals surface area contributed by atoms with Gasteiger partial charge in [-0.05, 0) is 39.0 Å². The van der Waals surface area contributed by atoms with Crippen LogP contribution >= 0.6 is 0 Å². The molecule has 5 nitrogen and oxygen atoms in total. The monoisotopic (exact) mass is 273 g/mol. The third-order valence-electron chi connectivity index (χ3n) is 3.06. The molecule has 0 aromatic rings. The highest BCUT2D eigenvalue weighted by molar-refractivity contribution is 5.79. The normalized spacial score (nSPS) is 13.8. The first-order chi connectivity index (χ1) is 8.47. The van der Waals surface area contributed by atoms with E-state index in [0.717, 1.165) is 12.8 Å². The molecule has 0 fully saturated rings. The van der Waals surface area contributed by atoms with Crippen molar-refractivity contribution in [2.24, 2.45) is 5.41 Å². The van der Waals surface area contributed by atoms with E-state index in [1.165, 1.54) is 0 Å². The molecule has 0 heterocycles. The van der Waals surface area contributed by atoms with Crippen LogP contribution < -0.4 is 5.32 Å². The SMILES string of the molecule is CCC(C)(C)CC[C@@H](NC(=O)OC(C)(C)C)C(=O)O. The summed E-state index contributed by atoms with van der Waals surface area (Å²) < 4.78 is 5.06. The lowest BCUT2D eigenvalue weighted by molar-refractivity contribution is -0.139. The minimum absolute atomic E-state index is 0.0727. The summed E-state index contributed by atoms with van der Waals surface area (Å²) in [6.45, 7) is 11.4. The molecule has 0 spiro atoms. The molecule has 5 heteroatoms. The van der Waals surface area contributed by atoms with Crippen LogP contribution in [0.5, 0.6) is 0 Å². The van der Waals surface area contributed by atoms with Crippen LogP contribution in [0.25, 0.3) is 0 Å². The highest BCUT2D eigenvalue weighted by atomic mass is 16.6. The number of carbonyl (C=O) groups is 2. The number of alkyl carbamates (subject to hydrolysis) is 1. The molecule has 0 aliphatic carbocycles. The molecular weight excluding hydrogens is 246 g/mol. The highest BCUT2D eigenvalue weighted by Crippen LogP contribution is 2.26. The number of amides is 1. The minimum atomic E-state index is -1.03. The molecular formula is C14H27NO4. The van der Waals surface area contributed by atoms with Gasteiger partial charge in [-0.1, -0.05) is 27.2 Å². The van der Waals surface area contributed by atoms with Gasteiger partial charge in [0.2, 0.25) is 0 Å². The number of ether oxygens (including phenoxy) is 1. The van der Waals surface area contributed by atoms with E-state index in [9.17, 15) is 9.59 Å². The van der Waals surface area contributed by atoms with E-state index in [2.05, 4.69) is 26.1 Å². The van der Waals surface area contributed by atoms with Crippen molar-refractivity contribution in [1.82, 2.24) is 5.32 Å².